The van der Waals surface area contributed by atoms with E-state index in [-0.39, 0.29) is 18.2 Å². The molecule has 21 heavy (non-hydrogen) atoms. The van der Waals surface area contributed by atoms with Gasteiger partial charge in [-0.2, -0.15) is 0 Å². The van der Waals surface area contributed by atoms with Crippen LogP contribution < -0.4 is 5.32 Å². The van der Waals surface area contributed by atoms with Gasteiger partial charge in [0, 0.05) is 18.3 Å². The van der Waals surface area contributed by atoms with E-state index >= 15 is 0 Å². The van der Waals surface area contributed by atoms with Crippen molar-refractivity contribution in [2.75, 3.05) is 6.54 Å². The number of aromatic nitrogens is 1. The van der Waals surface area contributed by atoms with Crippen LogP contribution in [0, 0.1) is 5.92 Å². The number of carbonyl (C=O) groups excluding carboxylic acids is 1. The Hall–Kier alpha value is -2.15. The lowest BCUT2D eigenvalue weighted by atomic mass is 10.0. The molecule has 1 unspecified atom stereocenters. The summed E-state index contributed by atoms with van der Waals surface area (Å²) in [6.07, 6.45) is 2.29. The largest absolute Gasteiger partial charge is 0.481 e. The zero-order chi connectivity index (χ0) is 15.2. The van der Waals surface area contributed by atoms with Gasteiger partial charge < -0.3 is 14.8 Å². The van der Waals surface area contributed by atoms with E-state index in [1.807, 2.05) is 6.92 Å². The van der Waals surface area contributed by atoms with Gasteiger partial charge in [-0.1, -0.05) is 13.3 Å². The van der Waals surface area contributed by atoms with Crippen molar-refractivity contribution in [2.24, 2.45) is 5.92 Å². The number of aliphatic carboxylic acids is 1. The number of nitrogens with zero attached hydrogens (tertiary/aromatic N) is 1. The molecular formula is C14H16N2O4S. The maximum Gasteiger partial charge on any atom is 0.303 e. The second-order valence-corrected chi connectivity index (χ2v) is 5.46. The molecule has 1 atom stereocenters. The fraction of sp³-hybridized carbons (Fsp3) is 0.357. The quantitative estimate of drug-likeness (QED) is 0.820. The highest BCUT2D eigenvalue weighted by Gasteiger charge is 2.16. The van der Waals surface area contributed by atoms with Gasteiger partial charge in [-0.05, 0) is 18.1 Å². The first-order chi connectivity index (χ1) is 10.1. The summed E-state index contributed by atoms with van der Waals surface area (Å²) in [6.45, 7) is 2.23. The molecule has 0 aliphatic rings. The van der Waals surface area contributed by atoms with Crippen LogP contribution in [0.15, 0.2) is 28.2 Å². The summed E-state index contributed by atoms with van der Waals surface area (Å²) in [5.74, 6) is -0.608. The molecule has 112 valence electrons. The van der Waals surface area contributed by atoms with E-state index in [1.54, 1.807) is 23.8 Å². The third kappa shape index (κ3) is 4.16. The van der Waals surface area contributed by atoms with E-state index in [9.17, 15) is 9.59 Å². The molecule has 0 radical (unpaired) electrons. The standard InChI is InChI=1S/C14H16N2O4S/c1-2-9(6-12(17)18)7-15-13(19)10-8-21-14(16-10)11-4-3-5-20-11/h3-5,8-9H,2,6-7H2,1H3,(H,15,19)(H,17,18). The van der Waals surface area contributed by atoms with Crippen molar-refractivity contribution in [2.45, 2.75) is 19.8 Å². The van der Waals surface area contributed by atoms with Crippen LogP contribution >= 0.6 is 11.3 Å². The zero-order valence-corrected chi connectivity index (χ0v) is 12.4. The number of carbonyl (C=O) groups is 2. The van der Waals surface area contributed by atoms with Crippen molar-refractivity contribution in [1.29, 1.82) is 0 Å². The molecule has 0 aliphatic carbocycles. The molecule has 0 saturated heterocycles. The van der Waals surface area contributed by atoms with Crippen LogP contribution in [-0.2, 0) is 4.79 Å². The first-order valence-electron chi connectivity index (χ1n) is 6.59. The Morgan fingerprint density at radius 1 is 1.52 bits per heavy atom. The van der Waals surface area contributed by atoms with Crippen LogP contribution in [0.1, 0.15) is 30.3 Å². The predicted octanol–water partition coefficient (Wildman–Crippen LogP) is 2.63. The molecule has 0 saturated carbocycles. The average Bonchev–Trinajstić information content (AvgIpc) is 3.12. The minimum Gasteiger partial charge on any atom is -0.481 e. The summed E-state index contributed by atoms with van der Waals surface area (Å²) in [5, 5.41) is 13.8. The van der Waals surface area contributed by atoms with Gasteiger partial charge in [0.1, 0.15) is 5.69 Å². The van der Waals surface area contributed by atoms with E-state index in [0.717, 1.165) is 0 Å². The number of hydrogen-bond donors (Lipinski definition) is 2. The summed E-state index contributed by atoms with van der Waals surface area (Å²) >= 11 is 1.33. The monoisotopic (exact) mass is 308 g/mol. The van der Waals surface area contributed by atoms with Crippen LogP contribution in [0.5, 0.6) is 0 Å². The number of hydrogen-bond acceptors (Lipinski definition) is 5. The van der Waals surface area contributed by atoms with E-state index in [0.29, 0.717) is 29.4 Å². The Kier molecular flexibility index (Phi) is 5.10. The van der Waals surface area contributed by atoms with Crippen molar-refractivity contribution >= 4 is 23.2 Å². The zero-order valence-electron chi connectivity index (χ0n) is 11.5. The molecule has 2 N–H and O–H groups in total. The van der Waals surface area contributed by atoms with E-state index < -0.39 is 5.97 Å². The SMILES string of the molecule is CCC(CNC(=O)c1csc(-c2ccco2)n1)CC(=O)O. The Bertz CT molecular complexity index is 606. The number of carboxylic acids is 1. The van der Waals surface area contributed by atoms with Gasteiger partial charge in [0.15, 0.2) is 10.8 Å². The minimum atomic E-state index is -0.857. The molecule has 0 aliphatic heterocycles. The fourth-order valence-corrected chi connectivity index (χ4v) is 2.59. The molecule has 2 rings (SSSR count). The highest BCUT2D eigenvalue weighted by Crippen LogP contribution is 2.23. The molecule has 2 aromatic heterocycles. The van der Waals surface area contributed by atoms with Gasteiger partial charge in [0.05, 0.1) is 6.26 Å². The Labute approximate surface area is 125 Å². The van der Waals surface area contributed by atoms with Gasteiger partial charge in [0.25, 0.3) is 5.91 Å². The maximum absolute atomic E-state index is 12.0. The Morgan fingerprint density at radius 3 is 2.95 bits per heavy atom. The van der Waals surface area contributed by atoms with Crippen molar-refractivity contribution in [3.8, 4) is 10.8 Å². The molecule has 0 bridgehead atoms. The first kappa shape index (κ1) is 15.2. The van der Waals surface area contributed by atoms with Crippen LogP contribution in [0.2, 0.25) is 0 Å². The molecule has 2 heterocycles. The highest BCUT2D eigenvalue weighted by molar-refractivity contribution is 7.13. The maximum atomic E-state index is 12.0. The lowest BCUT2D eigenvalue weighted by Gasteiger charge is -2.12. The molecule has 0 spiro atoms. The Morgan fingerprint density at radius 2 is 2.33 bits per heavy atom. The molecule has 0 fully saturated rings. The van der Waals surface area contributed by atoms with Crippen LogP contribution in [-0.4, -0.2) is 28.5 Å². The average molecular weight is 308 g/mol. The van der Waals surface area contributed by atoms with Crippen LogP contribution in [0.4, 0.5) is 0 Å². The number of nitrogens with one attached hydrogen (secondary N) is 1. The van der Waals surface area contributed by atoms with Crippen molar-refractivity contribution < 1.29 is 19.1 Å². The Balaban J connectivity index is 1.93. The summed E-state index contributed by atoms with van der Waals surface area (Å²) < 4.78 is 5.22. The number of thiazole rings is 1. The molecular weight excluding hydrogens is 292 g/mol. The topological polar surface area (TPSA) is 92.4 Å². The van der Waals surface area contributed by atoms with Gasteiger partial charge >= 0.3 is 5.97 Å². The summed E-state index contributed by atoms with van der Waals surface area (Å²) in [5.41, 5.74) is 0.316. The third-order valence-corrected chi connectivity index (χ3v) is 3.92. The molecule has 1 amide bonds. The first-order valence-corrected chi connectivity index (χ1v) is 7.47. The van der Waals surface area contributed by atoms with Gasteiger partial charge in [-0.3, -0.25) is 9.59 Å². The molecule has 6 nitrogen and oxygen atoms in total. The number of amides is 1. The molecule has 0 aromatic carbocycles. The smallest absolute Gasteiger partial charge is 0.303 e. The van der Waals surface area contributed by atoms with Crippen LogP contribution in [0.3, 0.4) is 0 Å². The van der Waals surface area contributed by atoms with Gasteiger partial charge in [0.2, 0.25) is 0 Å². The second-order valence-electron chi connectivity index (χ2n) is 4.60. The normalized spacial score (nSPS) is 12.0. The molecule has 7 heteroatoms. The minimum absolute atomic E-state index is 0.0471. The van der Waals surface area contributed by atoms with Crippen molar-refractivity contribution in [1.82, 2.24) is 10.3 Å². The number of furan rings is 1. The number of rotatable bonds is 7. The second kappa shape index (κ2) is 7.03. The lowest BCUT2D eigenvalue weighted by Crippen LogP contribution is -2.30. The highest BCUT2D eigenvalue weighted by atomic mass is 32.1. The third-order valence-electron chi connectivity index (χ3n) is 3.06. The molecule has 2 aromatic rings. The van der Waals surface area contributed by atoms with Crippen LogP contribution in [0.25, 0.3) is 10.8 Å². The van der Waals surface area contributed by atoms with Crippen molar-refractivity contribution in [3.63, 3.8) is 0 Å². The summed E-state index contributed by atoms with van der Waals surface area (Å²) in [6, 6.07) is 3.54. The number of carboxylic acid groups (broad SMARTS) is 1. The predicted molar refractivity (Wildman–Crippen MR) is 78.2 cm³/mol. The fourth-order valence-electron chi connectivity index (χ4n) is 1.83. The van der Waals surface area contributed by atoms with E-state index in [4.69, 9.17) is 9.52 Å². The lowest BCUT2D eigenvalue weighted by molar-refractivity contribution is -0.138. The van der Waals surface area contributed by atoms with Crippen molar-refractivity contribution in [3.05, 3.63) is 29.5 Å². The van der Waals surface area contributed by atoms with E-state index in [2.05, 4.69) is 10.3 Å². The van der Waals surface area contributed by atoms with Gasteiger partial charge in [-0.25, -0.2) is 4.98 Å². The van der Waals surface area contributed by atoms with E-state index in [1.165, 1.54) is 11.3 Å². The summed E-state index contributed by atoms with van der Waals surface area (Å²) in [4.78, 5) is 26.9. The van der Waals surface area contributed by atoms with Gasteiger partial charge in [-0.15, -0.1) is 11.3 Å². The summed E-state index contributed by atoms with van der Waals surface area (Å²) in [7, 11) is 0.